The average molecular weight is 434 g/mol. The van der Waals surface area contributed by atoms with Crippen molar-refractivity contribution in [3.8, 4) is 39.8 Å². The number of hydrogen-bond donors (Lipinski definition) is 0. The third-order valence-electron chi connectivity index (χ3n) is 7.21. The Morgan fingerprint density at radius 3 is 1.74 bits per heavy atom. The molecule has 1 heterocycles. The lowest BCUT2D eigenvalue weighted by Gasteiger charge is -2.40. The van der Waals surface area contributed by atoms with Crippen LogP contribution in [0.2, 0.25) is 0 Å². The molecule has 0 saturated heterocycles. The van der Waals surface area contributed by atoms with Crippen LogP contribution in [0.3, 0.4) is 0 Å². The van der Waals surface area contributed by atoms with E-state index in [4.69, 9.17) is 4.74 Å². The van der Waals surface area contributed by atoms with Gasteiger partial charge in [-0.3, -0.25) is 0 Å². The van der Waals surface area contributed by atoms with Gasteiger partial charge in [-0.1, -0.05) is 103 Å². The summed E-state index contributed by atoms with van der Waals surface area (Å²) in [5.74, 6) is 1.67. The summed E-state index contributed by atoms with van der Waals surface area (Å²) in [7, 11) is 0. The summed E-state index contributed by atoms with van der Waals surface area (Å²) >= 11 is 0. The molecule has 158 valence electrons. The van der Waals surface area contributed by atoms with Gasteiger partial charge in [0, 0.05) is 22.3 Å². The normalized spacial score (nSPS) is 13.7. The predicted octanol–water partition coefficient (Wildman–Crippen LogP) is 7.69. The number of para-hydroxylation sites is 2. The number of hydrogen-bond acceptors (Lipinski definition) is 2. The minimum Gasteiger partial charge on any atom is -0.456 e. The van der Waals surface area contributed by atoms with Crippen LogP contribution in [0.25, 0.3) is 22.3 Å². The Bertz CT molecular complexity index is 1610. The highest BCUT2D eigenvalue weighted by Gasteiger charge is 2.51. The molecule has 5 aromatic carbocycles. The summed E-state index contributed by atoms with van der Waals surface area (Å²) in [6.07, 6.45) is 0. The quantitative estimate of drug-likeness (QED) is 0.266. The van der Waals surface area contributed by atoms with Gasteiger partial charge in [-0.25, -0.2) is 0 Å². The largest absolute Gasteiger partial charge is 0.456 e. The molecule has 1 aliphatic carbocycles. The van der Waals surface area contributed by atoms with Gasteiger partial charge >= 0.3 is 0 Å². The van der Waals surface area contributed by atoms with Crippen LogP contribution < -0.4 is 4.74 Å². The Balaban J connectivity index is 1.66. The summed E-state index contributed by atoms with van der Waals surface area (Å²) in [6, 6.07) is 42.2. The van der Waals surface area contributed by atoms with E-state index in [0.717, 1.165) is 33.8 Å². The van der Waals surface area contributed by atoms with Crippen LogP contribution in [0, 0.1) is 11.3 Å². The molecule has 2 heteroatoms. The molecular formula is C32H19NO. The van der Waals surface area contributed by atoms with E-state index in [1.54, 1.807) is 0 Å². The van der Waals surface area contributed by atoms with E-state index in [0.29, 0.717) is 5.56 Å². The fourth-order valence-electron chi connectivity index (χ4n) is 5.91. The standard InChI is InChI=1S/C32H19NO/c33-20-21-10-1-2-11-22(21)25-14-9-18-29-31(25)34-30-19-8-7-17-28(30)32(29)26-15-5-3-12-23(26)24-13-4-6-16-27(24)32/h1-19H. The molecule has 1 spiro atoms. The van der Waals surface area contributed by atoms with E-state index in [1.807, 2.05) is 30.3 Å². The lowest BCUT2D eigenvalue weighted by molar-refractivity contribution is 0.438. The third kappa shape index (κ3) is 2.28. The minimum absolute atomic E-state index is 0.491. The summed E-state index contributed by atoms with van der Waals surface area (Å²) in [5, 5.41) is 9.82. The number of benzene rings is 5. The topological polar surface area (TPSA) is 33.0 Å². The zero-order valence-corrected chi connectivity index (χ0v) is 18.3. The van der Waals surface area contributed by atoms with Crippen molar-refractivity contribution in [2.24, 2.45) is 0 Å². The molecule has 7 rings (SSSR count). The highest BCUT2D eigenvalue weighted by atomic mass is 16.5. The Morgan fingerprint density at radius 1 is 0.500 bits per heavy atom. The highest BCUT2D eigenvalue weighted by Crippen LogP contribution is 2.63. The van der Waals surface area contributed by atoms with Crippen LogP contribution in [0.1, 0.15) is 27.8 Å². The van der Waals surface area contributed by atoms with Gasteiger partial charge in [0.05, 0.1) is 17.0 Å². The fraction of sp³-hybridized carbons (Fsp3) is 0.0312. The SMILES string of the molecule is N#Cc1ccccc1-c1cccc2c1Oc1ccccc1C21c2ccccc2-c2ccccc21. The Hall–Kier alpha value is -4.61. The first kappa shape index (κ1) is 18.9. The Labute approximate surface area is 198 Å². The van der Waals surface area contributed by atoms with Gasteiger partial charge in [-0.05, 0) is 34.4 Å². The minimum atomic E-state index is -0.491. The highest BCUT2D eigenvalue weighted by molar-refractivity contribution is 5.90. The molecule has 0 amide bonds. The van der Waals surface area contributed by atoms with Crippen LogP contribution in [0.5, 0.6) is 11.5 Å². The van der Waals surface area contributed by atoms with Crippen molar-refractivity contribution >= 4 is 0 Å². The first-order valence-electron chi connectivity index (χ1n) is 11.4. The van der Waals surface area contributed by atoms with Gasteiger partial charge in [0.1, 0.15) is 11.5 Å². The number of nitriles is 1. The van der Waals surface area contributed by atoms with Gasteiger partial charge in [0.15, 0.2) is 0 Å². The molecule has 0 aromatic heterocycles. The summed E-state index contributed by atoms with van der Waals surface area (Å²) in [6.45, 7) is 0. The molecular weight excluding hydrogens is 414 g/mol. The van der Waals surface area contributed by atoms with Crippen molar-refractivity contribution in [2.45, 2.75) is 5.41 Å². The van der Waals surface area contributed by atoms with Crippen LogP contribution in [0.15, 0.2) is 115 Å². The number of nitrogens with zero attached hydrogens (tertiary/aromatic N) is 1. The maximum atomic E-state index is 9.82. The summed E-state index contributed by atoms with van der Waals surface area (Å²) < 4.78 is 6.67. The first-order valence-corrected chi connectivity index (χ1v) is 11.4. The summed E-state index contributed by atoms with van der Waals surface area (Å²) in [5.41, 5.74) is 9.25. The van der Waals surface area contributed by atoms with Gasteiger partial charge in [-0.15, -0.1) is 0 Å². The number of rotatable bonds is 1. The average Bonchev–Trinajstić information content (AvgIpc) is 3.20. The molecule has 0 N–H and O–H groups in total. The molecule has 0 atom stereocenters. The Kier molecular flexibility index (Phi) is 3.86. The molecule has 5 aromatic rings. The van der Waals surface area contributed by atoms with Crippen LogP contribution in [-0.4, -0.2) is 0 Å². The lowest BCUT2D eigenvalue weighted by atomic mass is 9.65. The smallest absolute Gasteiger partial charge is 0.140 e. The molecule has 34 heavy (non-hydrogen) atoms. The van der Waals surface area contributed by atoms with Crippen LogP contribution >= 0.6 is 0 Å². The van der Waals surface area contributed by atoms with E-state index in [1.165, 1.54) is 22.3 Å². The van der Waals surface area contributed by atoms with Crippen molar-refractivity contribution < 1.29 is 4.74 Å². The second kappa shape index (κ2) is 6.94. The van der Waals surface area contributed by atoms with Crippen LogP contribution in [-0.2, 0) is 5.41 Å². The zero-order chi connectivity index (χ0) is 22.7. The molecule has 0 fully saturated rings. The lowest BCUT2D eigenvalue weighted by Crippen LogP contribution is -2.32. The van der Waals surface area contributed by atoms with E-state index in [2.05, 4.69) is 91.0 Å². The molecule has 0 bridgehead atoms. The van der Waals surface area contributed by atoms with Crippen LogP contribution in [0.4, 0.5) is 0 Å². The molecule has 2 nitrogen and oxygen atoms in total. The summed E-state index contributed by atoms with van der Waals surface area (Å²) in [4.78, 5) is 0. The monoisotopic (exact) mass is 433 g/mol. The van der Waals surface area contributed by atoms with E-state index < -0.39 is 5.41 Å². The molecule has 0 radical (unpaired) electrons. The second-order valence-electron chi connectivity index (χ2n) is 8.78. The van der Waals surface area contributed by atoms with Crippen molar-refractivity contribution in [1.82, 2.24) is 0 Å². The van der Waals surface area contributed by atoms with Crippen molar-refractivity contribution in [3.05, 3.63) is 143 Å². The molecule has 0 unspecified atom stereocenters. The van der Waals surface area contributed by atoms with E-state index >= 15 is 0 Å². The second-order valence-corrected chi connectivity index (χ2v) is 8.78. The number of ether oxygens (including phenoxy) is 1. The van der Waals surface area contributed by atoms with Crippen molar-refractivity contribution in [3.63, 3.8) is 0 Å². The van der Waals surface area contributed by atoms with Gasteiger partial charge in [-0.2, -0.15) is 5.26 Å². The zero-order valence-electron chi connectivity index (χ0n) is 18.3. The maximum absolute atomic E-state index is 9.82. The van der Waals surface area contributed by atoms with E-state index in [9.17, 15) is 5.26 Å². The maximum Gasteiger partial charge on any atom is 0.140 e. The molecule has 1 aliphatic heterocycles. The van der Waals surface area contributed by atoms with Gasteiger partial charge < -0.3 is 4.74 Å². The van der Waals surface area contributed by atoms with E-state index in [-0.39, 0.29) is 0 Å². The van der Waals surface area contributed by atoms with Crippen molar-refractivity contribution in [2.75, 3.05) is 0 Å². The number of fused-ring (bicyclic) bond motifs is 9. The van der Waals surface area contributed by atoms with Gasteiger partial charge in [0.25, 0.3) is 0 Å². The van der Waals surface area contributed by atoms with Crippen molar-refractivity contribution in [1.29, 1.82) is 5.26 Å². The predicted molar refractivity (Wildman–Crippen MR) is 134 cm³/mol. The molecule has 2 aliphatic rings. The van der Waals surface area contributed by atoms with Gasteiger partial charge in [0.2, 0.25) is 0 Å². The molecule has 0 saturated carbocycles. The third-order valence-corrected chi connectivity index (χ3v) is 7.21. The Morgan fingerprint density at radius 2 is 1.03 bits per heavy atom. The first-order chi connectivity index (χ1) is 16.8. The fourth-order valence-corrected chi connectivity index (χ4v) is 5.91.